The van der Waals surface area contributed by atoms with Crippen LogP contribution in [0.4, 0.5) is 0 Å². The standard InChI is InChI=1S/C27H26N4/c1-2-3-4-5-6-7-19-14-26-17-24-11-10-22(29-24)15-20-8-9-21(28-20)16-23-12-13-25(30-23)18-27(19)31-26/h6-18,30-31H,2-5H2,1H3/i14D. The summed E-state index contributed by atoms with van der Waals surface area (Å²) in [4.78, 5) is 16.2. The quantitative estimate of drug-likeness (QED) is 0.301. The molecule has 2 aliphatic heterocycles. The first kappa shape index (κ1) is 18.1. The van der Waals surface area contributed by atoms with Gasteiger partial charge >= 0.3 is 0 Å². The minimum absolute atomic E-state index is 0.487. The summed E-state index contributed by atoms with van der Waals surface area (Å²) >= 11 is 0. The summed E-state index contributed by atoms with van der Waals surface area (Å²) in [5, 5.41) is 0. The fraction of sp³-hybridized carbons (Fsp3) is 0.185. The van der Waals surface area contributed by atoms with Crippen LogP contribution in [0.15, 0.2) is 48.5 Å². The number of nitrogens with zero attached hydrogens (tertiary/aromatic N) is 2. The molecule has 5 rings (SSSR count). The van der Waals surface area contributed by atoms with Crippen LogP contribution in [0.1, 0.15) is 62.3 Å². The zero-order chi connectivity index (χ0) is 21.9. The molecule has 0 unspecified atom stereocenters. The molecule has 0 radical (unpaired) electrons. The second-order valence-corrected chi connectivity index (χ2v) is 7.93. The van der Waals surface area contributed by atoms with E-state index in [1.54, 1.807) is 0 Å². The van der Waals surface area contributed by atoms with Gasteiger partial charge in [-0.1, -0.05) is 31.9 Å². The van der Waals surface area contributed by atoms with E-state index in [-0.39, 0.29) is 0 Å². The first-order chi connectivity index (χ1) is 15.7. The molecule has 31 heavy (non-hydrogen) atoms. The van der Waals surface area contributed by atoms with Crippen molar-refractivity contribution in [2.75, 3.05) is 0 Å². The van der Waals surface area contributed by atoms with Crippen molar-refractivity contribution < 1.29 is 1.37 Å². The molecule has 3 aromatic rings. The van der Waals surface area contributed by atoms with Crippen LogP contribution in [-0.2, 0) is 0 Å². The van der Waals surface area contributed by atoms with Crippen molar-refractivity contribution in [3.8, 4) is 0 Å². The Kier molecular flexibility index (Phi) is 5.03. The molecule has 4 heteroatoms. The fourth-order valence-corrected chi connectivity index (χ4v) is 3.81. The number of aromatic nitrogens is 4. The van der Waals surface area contributed by atoms with Gasteiger partial charge in [0.2, 0.25) is 0 Å². The molecular formula is C27H26N4. The molecule has 154 valence electrons. The van der Waals surface area contributed by atoms with Gasteiger partial charge < -0.3 is 9.97 Å². The molecule has 0 amide bonds. The van der Waals surface area contributed by atoms with Crippen LogP contribution in [0.5, 0.6) is 0 Å². The van der Waals surface area contributed by atoms with Crippen molar-refractivity contribution in [1.29, 1.82) is 0 Å². The second-order valence-electron chi connectivity index (χ2n) is 7.93. The summed E-state index contributed by atoms with van der Waals surface area (Å²) in [5.41, 5.74) is 8.00. The van der Waals surface area contributed by atoms with Crippen LogP contribution in [-0.4, -0.2) is 19.9 Å². The van der Waals surface area contributed by atoms with Gasteiger partial charge in [0.05, 0.1) is 24.1 Å². The Morgan fingerprint density at radius 3 is 2.16 bits per heavy atom. The SMILES string of the molecule is [2H]c1c(C=CCCCCC)c2cc3ccc(cc4nc(cc5nc(cc1[nH]2)C=C5)C=C4)[nH]3. The van der Waals surface area contributed by atoms with E-state index >= 15 is 0 Å². The summed E-state index contributed by atoms with van der Waals surface area (Å²) in [7, 11) is 0. The van der Waals surface area contributed by atoms with Crippen LogP contribution in [0, 0.1) is 0 Å². The molecule has 2 N–H and O–H groups in total. The van der Waals surface area contributed by atoms with E-state index < -0.39 is 0 Å². The Morgan fingerprint density at radius 1 is 0.806 bits per heavy atom. The fourth-order valence-electron chi connectivity index (χ4n) is 3.81. The number of rotatable bonds is 5. The first-order valence-corrected chi connectivity index (χ1v) is 10.9. The topological polar surface area (TPSA) is 57.4 Å². The van der Waals surface area contributed by atoms with Gasteiger partial charge in [-0.25, -0.2) is 9.97 Å². The Balaban J connectivity index is 1.72. The highest BCUT2D eigenvalue weighted by Gasteiger charge is 2.03. The Labute approximate surface area is 183 Å². The second kappa shape index (κ2) is 8.60. The minimum Gasteiger partial charge on any atom is -0.355 e. The van der Waals surface area contributed by atoms with Gasteiger partial charge in [-0.2, -0.15) is 0 Å². The van der Waals surface area contributed by atoms with Gasteiger partial charge in [0.15, 0.2) is 0 Å². The largest absolute Gasteiger partial charge is 0.355 e. The lowest BCUT2D eigenvalue weighted by atomic mass is 10.1. The molecular weight excluding hydrogens is 380 g/mol. The molecule has 0 atom stereocenters. The van der Waals surface area contributed by atoms with Crippen LogP contribution in [0.3, 0.4) is 0 Å². The predicted molar refractivity (Wildman–Crippen MR) is 132 cm³/mol. The lowest BCUT2D eigenvalue weighted by Gasteiger charge is -1.92. The molecule has 4 nitrogen and oxygen atoms in total. The maximum absolute atomic E-state index is 8.79. The average Bonchev–Trinajstić information content (AvgIpc) is 3.55. The van der Waals surface area contributed by atoms with Crippen molar-refractivity contribution in [2.24, 2.45) is 0 Å². The maximum Gasteiger partial charge on any atom is 0.0659 e. The van der Waals surface area contributed by atoms with Gasteiger partial charge in [0, 0.05) is 22.1 Å². The molecule has 0 saturated heterocycles. The smallest absolute Gasteiger partial charge is 0.0659 e. The number of hydrogen-bond acceptors (Lipinski definition) is 2. The van der Waals surface area contributed by atoms with Gasteiger partial charge in [0.1, 0.15) is 0 Å². The molecule has 8 bridgehead atoms. The van der Waals surface area contributed by atoms with Crippen LogP contribution in [0.25, 0.3) is 52.4 Å². The number of nitrogens with one attached hydrogen (secondary N) is 2. The third-order valence-electron chi connectivity index (χ3n) is 5.38. The molecule has 0 aliphatic carbocycles. The normalized spacial score (nSPS) is 13.3. The lowest BCUT2D eigenvalue weighted by molar-refractivity contribution is 0.730. The number of unbranched alkanes of at least 4 members (excludes halogenated alkanes) is 3. The molecule has 3 aromatic heterocycles. The highest BCUT2D eigenvalue weighted by Crippen LogP contribution is 2.20. The van der Waals surface area contributed by atoms with Crippen molar-refractivity contribution >= 4 is 52.4 Å². The summed E-state index contributed by atoms with van der Waals surface area (Å²) in [6.45, 7) is 2.21. The highest BCUT2D eigenvalue weighted by molar-refractivity contribution is 5.81. The molecule has 0 aromatic carbocycles. The molecule has 0 fully saturated rings. The number of hydrogen-bond donors (Lipinski definition) is 2. The average molecular weight is 408 g/mol. The molecule has 0 spiro atoms. The van der Waals surface area contributed by atoms with E-state index in [4.69, 9.17) is 1.37 Å². The van der Waals surface area contributed by atoms with Gasteiger partial charge in [-0.15, -0.1) is 0 Å². The van der Waals surface area contributed by atoms with E-state index in [2.05, 4.69) is 45.1 Å². The number of fused-ring (bicyclic) bond motifs is 8. The third kappa shape index (κ3) is 4.58. The van der Waals surface area contributed by atoms with Crippen LogP contribution < -0.4 is 0 Å². The first-order valence-electron chi connectivity index (χ1n) is 11.4. The van der Waals surface area contributed by atoms with Crippen LogP contribution in [0.2, 0.25) is 0 Å². The van der Waals surface area contributed by atoms with E-state index in [1.165, 1.54) is 19.3 Å². The highest BCUT2D eigenvalue weighted by atomic mass is 14.8. The van der Waals surface area contributed by atoms with E-state index in [9.17, 15) is 0 Å². The van der Waals surface area contributed by atoms with Gasteiger partial charge in [-0.3, -0.25) is 0 Å². The summed E-state index contributed by atoms with van der Waals surface area (Å²) in [5.74, 6) is 0. The van der Waals surface area contributed by atoms with E-state index in [0.29, 0.717) is 6.04 Å². The van der Waals surface area contributed by atoms with Crippen molar-refractivity contribution in [3.05, 3.63) is 76.9 Å². The number of aromatic amines is 2. The molecule has 2 aliphatic rings. The van der Waals surface area contributed by atoms with Gasteiger partial charge in [-0.05, 0) is 85.1 Å². The van der Waals surface area contributed by atoms with Crippen molar-refractivity contribution in [3.63, 3.8) is 0 Å². The summed E-state index contributed by atoms with van der Waals surface area (Å²) < 4.78 is 8.79. The number of H-pyrrole nitrogens is 2. The van der Waals surface area contributed by atoms with E-state index in [1.807, 2.05) is 54.6 Å². The zero-order valence-electron chi connectivity index (χ0n) is 18.7. The lowest BCUT2D eigenvalue weighted by Crippen LogP contribution is -1.77. The van der Waals surface area contributed by atoms with Crippen LogP contribution >= 0.6 is 0 Å². The third-order valence-corrected chi connectivity index (χ3v) is 5.38. The van der Waals surface area contributed by atoms with Crippen molar-refractivity contribution in [1.82, 2.24) is 19.9 Å². The monoisotopic (exact) mass is 407 g/mol. The van der Waals surface area contributed by atoms with Crippen molar-refractivity contribution in [2.45, 2.75) is 32.6 Å². The molecule has 5 heterocycles. The predicted octanol–water partition coefficient (Wildman–Crippen LogP) is 7.25. The zero-order valence-corrected chi connectivity index (χ0v) is 17.7. The minimum atomic E-state index is 0.487. The maximum atomic E-state index is 8.79. The Bertz CT molecular complexity index is 1400. The number of allylic oxidation sites excluding steroid dienone is 1. The molecule has 0 saturated carbocycles. The van der Waals surface area contributed by atoms with Gasteiger partial charge in [0.25, 0.3) is 0 Å². The van der Waals surface area contributed by atoms with E-state index in [0.717, 1.165) is 56.8 Å². The Morgan fingerprint density at radius 2 is 1.45 bits per heavy atom. The summed E-state index contributed by atoms with van der Waals surface area (Å²) in [6, 6.07) is 12.6. The summed E-state index contributed by atoms with van der Waals surface area (Å²) in [6.07, 6.45) is 16.9. The Hall–Kier alpha value is -3.66.